The molecule has 3 rings (SSSR count). The van der Waals surface area contributed by atoms with Gasteiger partial charge in [-0.2, -0.15) is 0 Å². The zero-order valence-electron chi connectivity index (χ0n) is 11.7. The molecule has 0 radical (unpaired) electrons. The number of halogens is 2. The maximum absolute atomic E-state index is 13.8. The van der Waals surface area contributed by atoms with Crippen LogP contribution in [0.3, 0.4) is 0 Å². The molecule has 0 aromatic heterocycles. The Balaban J connectivity index is 1.85. The predicted molar refractivity (Wildman–Crippen MR) is 80.2 cm³/mol. The molecular formula is C16H15F2N3O. The number of amides is 1. The minimum absolute atomic E-state index is 0.0763. The van der Waals surface area contributed by atoms with Crippen molar-refractivity contribution in [2.45, 2.75) is 18.9 Å². The highest BCUT2D eigenvalue weighted by Gasteiger charge is 2.31. The van der Waals surface area contributed by atoms with Gasteiger partial charge < -0.3 is 5.73 Å². The summed E-state index contributed by atoms with van der Waals surface area (Å²) in [6.07, 6.45) is 1.81. The number of hydrogen-bond donors (Lipinski definition) is 2. The van der Waals surface area contributed by atoms with Crippen molar-refractivity contribution < 1.29 is 13.6 Å². The number of hydrazine groups is 1. The summed E-state index contributed by atoms with van der Waals surface area (Å²) in [6, 6.07) is 9.99. The number of carbonyl (C=O) groups is 1. The number of anilines is 2. The van der Waals surface area contributed by atoms with E-state index in [0.29, 0.717) is 5.69 Å². The maximum Gasteiger partial charge on any atom is 0.274 e. The molecular weight excluding hydrogens is 288 g/mol. The van der Waals surface area contributed by atoms with Gasteiger partial charge in [0.2, 0.25) is 0 Å². The van der Waals surface area contributed by atoms with E-state index in [1.54, 1.807) is 17.1 Å². The van der Waals surface area contributed by atoms with Crippen molar-refractivity contribution >= 4 is 17.3 Å². The Morgan fingerprint density at radius 1 is 1.14 bits per heavy atom. The minimum atomic E-state index is -0.674. The number of nitrogens with two attached hydrogens (primary N) is 1. The molecule has 2 aromatic carbocycles. The van der Waals surface area contributed by atoms with E-state index in [-0.39, 0.29) is 23.1 Å². The van der Waals surface area contributed by atoms with Gasteiger partial charge in [-0.3, -0.25) is 15.2 Å². The molecule has 114 valence electrons. The Bertz CT molecular complexity index is 679. The molecule has 1 aliphatic carbocycles. The number of nitrogen functional groups attached to an aromatic ring is 1. The van der Waals surface area contributed by atoms with Gasteiger partial charge in [-0.1, -0.05) is 6.07 Å². The van der Waals surface area contributed by atoms with Crippen LogP contribution >= 0.6 is 0 Å². The van der Waals surface area contributed by atoms with Gasteiger partial charge in [-0.25, -0.2) is 8.78 Å². The van der Waals surface area contributed by atoms with E-state index in [0.717, 1.165) is 12.8 Å². The lowest BCUT2D eigenvalue weighted by Crippen LogP contribution is -2.44. The van der Waals surface area contributed by atoms with Gasteiger partial charge in [-0.15, -0.1) is 0 Å². The number of nitrogens with zero attached hydrogens (tertiary/aromatic N) is 1. The van der Waals surface area contributed by atoms with Crippen molar-refractivity contribution in [1.82, 2.24) is 5.43 Å². The van der Waals surface area contributed by atoms with Crippen LogP contribution in [0.4, 0.5) is 20.2 Å². The Morgan fingerprint density at radius 3 is 2.41 bits per heavy atom. The van der Waals surface area contributed by atoms with E-state index >= 15 is 0 Å². The van der Waals surface area contributed by atoms with Gasteiger partial charge in [0.25, 0.3) is 5.91 Å². The average molecular weight is 303 g/mol. The third-order valence-electron chi connectivity index (χ3n) is 3.51. The molecule has 0 atom stereocenters. The second-order valence-electron chi connectivity index (χ2n) is 5.22. The van der Waals surface area contributed by atoms with Crippen molar-refractivity contribution in [3.63, 3.8) is 0 Å². The van der Waals surface area contributed by atoms with E-state index in [9.17, 15) is 13.6 Å². The molecule has 0 heterocycles. The molecule has 0 bridgehead atoms. The zero-order valence-corrected chi connectivity index (χ0v) is 11.7. The summed E-state index contributed by atoms with van der Waals surface area (Å²) in [6.45, 7) is 0. The SMILES string of the molecule is Nc1cccc(F)c1C(=O)NN(c1ccc(F)cc1)C1CC1. The first-order valence-electron chi connectivity index (χ1n) is 6.96. The lowest BCUT2D eigenvalue weighted by atomic mass is 10.1. The van der Waals surface area contributed by atoms with Gasteiger partial charge >= 0.3 is 0 Å². The topological polar surface area (TPSA) is 58.4 Å². The summed E-state index contributed by atoms with van der Waals surface area (Å²) in [5.41, 5.74) is 8.88. The molecule has 0 saturated heterocycles. The molecule has 1 aliphatic rings. The van der Waals surface area contributed by atoms with Crippen LogP contribution in [0.5, 0.6) is 0 Å². The van der Waals surface area contributed by atoms with Gasteiger partial charge in [0.05, 0.1) is 17.3 Å². The fourth-order valence-corrected chi connectivity index (χ4v) is 2.25. The minimum Gasteiger partial charge on any atom is -0.398 e. The average Bonchev–Trinajstić information content (AvgIpc) is 3.30. The normalized spacial score (nSPS) is 13.7. The number of nitrogens with one attached hydrogen (secondary N) is 1. The Hall–Kier alpha value is -2.63. The number of carbonyl (C=O) groups excluding carboxylic acids is 1. The smallest absolute Gasteiger partial charge is 0.274 e. The number of benzene rings is 2. The summed E-state index contributed by atoms with van der Waals surface area (Å²) < 4.78 is 26.8. The van der Waals surface area contributed by atoms with Gasteiger partial charge in [0.15, 0.2) is 0 Å². The van der Waals surface area contributed by atoms with E-state index in [2.05, 4.69) is 5.43 Å². The highest BCUT2D eigenvalue weighted by molar-refractivity contribution is 6.00. The second kappa shape index (κ2) is 5.63. The molecule has 22 heavy (non-hydrogen) atoms. The van der Waals surface area contributed by atoms with Crippen molar-refractivity contribution in [1.29, 1.82) is 0 Å². The Labute approximate surface area is 126 Å². The molecule has 6 heteroatoms. The molecule has 4 nitrogen and oxygen atoms in total. The lowest BCUT2D eigenvalue weighted by molar-refractivity contribution is 0.0945. The molecule has 1 fully saturated rings. The Kier molecular flexibility index (Phi) is 3.66. The first kappa shape index (κ1) is 14.3. The second-order valence-corrected chi connectivity index (χ2v) is 5.22. The maximum atomic E-state index is 13.8. The number of rotatable bonds is 4. The molecule has 0 aliphatic heterocycles. The molecule has 1 saturated carbocycles. The quantitative estimate of drug-likeness (QED) is 0.674. The van der Waals surface area contributed by atoms with Gasteiger partial charge in [0, 0.05) is 5.69 Å². The van der Waals surface area contributed by atoms with Gasteiger partial charge in [0.1, 0.15) is 11.6 Å². The van der Waals surface area contributed by atoms with Crippen LogP contribution in [0.25, 0.3) is 0 Å². The molecule has 0 spiro atoms. The van der Waals surface area contributed by atoms with Crippen LogP contribution in [0.2, 0.25) is 0 Å². The predicted octanol–water partition coefficient (Wildman–Crippen LogP) is 2.86. The van der Waals surface area contributed by atoms with Crippen molar-refractivity contribution in [2.75, 3.05) is 10.7 Å². The fraction of sp³-hybridized carbons (Fsp3) is 0.188. The summed E-state index contributed by atoms with van der Waals surface area (Å²) >= 11 is 0. The van der Waals surface area contributed by atoms with Crippen molar-refractivity contribution in [3.8, 4) is 0 Å². The van der Waals surface area contributed by atoms with E-state index in [4.69, 9.17) is 5.73 Å². The standard InChI is InChI=1S/C16H15F2N3O/c17-10-4-6-11(7-5-10)21(12-8-9-12)20-16(22)15-13(18)2-1-3-14(15)19/h1-7,12H,8-9,19H2,(H,20,22). The highest BCUT2D eigenvalue weighted by Crippen LogP contribution is 2.30. The van der Waals surface area contributed by atoms with E-state index in [1.807, 2.05) is 0 Å². The summed E-state index contributed by atoms with van der Waals surface area (Å²) in [5, 5.41) is 1.63. The lowest BCUT2D eigenvalue weighted by Gasteiger charge is -2.25. The highest BCUT2D eigenvalue weighted by atomic mass is 19.1. The third-order valence-corrected chi connectivity index (χ3v) is 3.51. The van der Waals surface area contributed by atoms with Crippen molar-refractivity contribution in [2.24, 2.45) is 0 Å². The first-order valence-corrected chi connectivity index (χ1v) is 6.96. The van der Waals surface area contributed by atoms with Crippen LogP contribution in [-0.2, 0) is 0 Å². The fourth-order valence-electron chi connectivity index (χ4n) is 2.25. The Morgan fingerprint density at radius 2 is 1.82 bits per heavy atom. The number of hydrogen-bond acceptors (Lipinski definition) is 3. The van der Waals surface area contributed by atoms with Crippen molar-refractivity contribution in [3.05, 3.63) is 59.7 Å². The van der Waals surface area contributed by atoms with Crippen LogP contribution in [0.1, 0.15) is 23.2 Å². The van der Waals surface area contributed by atoms with Crippen LogP contribution in [-0.4, -0.2) is 11.9 Å². The molecule has 2 aromatic rings. The van der Waals surface area contributed by atoms with E-state index < -0.39 is 11.7 Å². The van der Waals surface area contributed by atoms with Crippen LogP contribution < -0.4 is 16.2 Å². The zero-order chi connectivity index (χ0) is 15.7. The summed E-state index contributed by atoms with van der Waals surface area (Å²) in [5.74, 6) is -1.65. The largest absolute Gasteiger partial charge is 0.398 e. The summed E-state index contributed by atoms with van der Waals surface area (Å²) in [7, 11) is 0. The first-order chi connectivity index (χ1) is 10.6. The third kappa shape index (κ3) is 2.86. The van der Waals surface area contributed by atoms with Gasteiger partial charge in [-0.05, 0) is 49.2 Å². The summed E-state index contributed by atoms with van der Waals surface area (Å²) in [4.78, 5) is 12.3. The molecule has 0 unspecified atom stereocenters. The van der Waals surface area contributed by atoms with E-state index in [1.165, 1.54) is 30.3 Å². The molecule has 1 amide bonds. The van der Waals surface area contributed by atoms with Crippen LogP contribution in [0.15, 0.2) is 42.5 Å². The molecule has 3 N–H and O–H groups in total. The van der Waals surface area contributed by atoms with Crippen LogP contribution in [0, 0.1) is 11.6 Å². The monoisotopic (exact) mass is 303 g/mol.